The van der Waals surface area contributed by atoms with Gasteiger partial charge < -0.3 is 10.2 Å². The number of aliphatic hydroxyl groups is 2. The van der Waals surface area contributed by atoms with Crippen molar-refractivity contribution < 1.29 is 10.2 Å². The maximum Gasteiger partial charge on any atom is 0.0462 e. The maximum absolute atomic E-state index is 9.26. The van der Waals surface area contributed by atoms with Crippen LogP contribution in [0.4, 0.5) is 0 Å². The molecular weight excluding hydrogens is 224 g/mol. The lowest BCUT2D eigenvalue weighted by Gasteiger charge is -2.13. The Morgan fingerprint density at radius 3 is 2.62 bits per heavy atom. The minimum absolute atomic E-state index is 0.192. The first-order valence-electron chi connectivity index (χ1n) is 5.72. The number of benzene rings is 1. The van der Waals surface area contributed by atoms with Gasteiger partial charge in [-0.15, -0.1) is 0 Å². The molecule has 1 aromatic carbocycles. The summed E-state index contributed by atoms with van der Waals surface area (Å²) in [5.74, 6) is 0.269. The fourth-order valence-corrected chi connectivity index (χ4v) is 2.01. The first-order valence-corrected chi connectivity index (χ1v) is 6.10. The van der Waals surface area contributed by atoms with Crippen LogP contribution in [0.15, 0.2) is 24.3 Å². The predicted molar refractivity (Wildman–Crippen MR) is 66.7 cm³/mol. The maximum atomic E-state index is 9.26. The van der Waals surface area contributed by atoms with Crippen LogP contribution < -0.4 is 0 Å². The molecule has 3 heteroatoms. The summed E-state index contributed by atoms with van der Waals surface area (Å²) in [6.07, 6.45) is 3.57. The number of rotatable bonds is 7. The zero-order valence-corrected chi connectivity index (χ0v) is 10.2. The average Bonchev–Trinajstić information content (AvgIpc) is 2.28. The number of halogens is 1. The number of hydrogen-bond acceptors (Lipinski definition) is 2. The molecule has 0 saturated heterocycles. The molecule has 0 radical (unpaired) electrons. The molecule has 2 N–H and O–H groups in total. The minimum Gasteiger partial charge on any atom is -0.396 e. The Bertz CT molecular complexity index is 302. The number of unbranched alkanes of at least 4 members (excludes halogenated alkanes) is 1. The molecule has 1 atom stereocenters. The summed E-state index contributed by atoms with van der Waals surface area (Å²) in [4.78, 5) is 0. The Labute approximate surface area is 102 Å². The molecule has 0 aromatic heterocycles. The minimum atomic E-state index is 0.192. The van der Waals surface area contributed by atoms with Crippen LogP contribution in [0.25, 0.3) is 0 Å². The second-order valence-electron chi connectivity index (χ2n) is 4.10. The molecule has 16 heavy (non-hydrogen) atoms. The van der Waals surface area contributed by atoms with E-state index in [0.29, 0.717) is 0 Å². The van der Waals surface area contributed by atoms with Crippen molar-refractivity contribution in [2.75, 3.05) is 13.2 Å². The molecule has 0 unspecified atom stereocenters. The summed E-state index contributed by atoms with van der Waals surface area (Å²) in [7, 11) is 0. The van der Waals surface area contributed by atoms with Crippen molar-refractivity contribution in [3.8, 4) is 0 Å². The quantitative estimate of drug-likeness (QED) is 0.722. The molecule has 0 aliphatic carbocycles. The van der Waals surface area contributed by atoms with E-state index in [-0.39, 0.29) is 19.1 Å². The summed E-state index contributed by atoms with van der Waals surface area (Å²) < 4.78 is 0. The van der Waals surface area contributed by atoms with Crippen LogP contribution in [-0.4, -0.2) is 23.4 Å². The lowest BCUT2D eigenvalue weighted by Crippen LogP contribution is -2.10. The topological polar surface area (TPSA) is 40.5 Å². The van der Waals surface area contributed by atoms with Crippen molar-refractivity contribution in [3.63, 3.8) is 0 Å². The van der Waals surface area contributed by atoms with Gasteiger partial charge in [0.2, 0.25) is 0 Å². The smallest absolute Gasteiger partial charge is 0.0462 e. The van der Waals surface area contributed by atoms with Crippen molar-refractivity contribution in [1.29, 1.82) is 0 Å². The van der Waals surface area contributed by atoms with E-state index >= 15 is 0 Å². The molecule has 1 aromatic rings. The van der Waals surface area contributed by atoms with Crippen LogP contribution in [0.3, 0.4) is 0 Å². The van der Waals surface area contributed by atoms with E-state index in [0.717, 1.165) is 36.3 Å². The molecule has 0 amide bonds. The van der Waals surface area contributed by atoms with Gasteiger partial charge in [0.1, 0.15) is 0 Å². The predicted octanol–water partition coefficient (Wildman–Crippen LogP) is 2.65. The van der Waals surface area contributed by atoms with Gasteiger partial charge in [0.25, 0.3) is 0 Å². The van der Waals surface area contributed by atoms with Gasteiger partial charge in [0.15, 0.2) is 0 Å². The fraction of sp³-hybridized carbons (Fsp3) is 0.538. The Balaban J connectivity index is 2.43. The molecular formula is C13H19ClO2. The van der Waals surface area contributed by atoms with Gasteiger partial charge >= 0.3 is 0 Å². The highest BCUT2D eigenvalue weighted by Gasteiger charge is 2.08. The normalized spacial score (nSPS) is 12.7. The monoisotopic (exact) mass is 242 g/mol. The molecule has 0 spiro atoms. The molecule has 0 aliphatic heterocycles. The van der Waals surface area contributed by atoms with Gasteiger partial charge in [-0.3, -0.25) is 0 Å². The van der Waals surface area contributed by atoms with Gasteiger partial charge in [-0.05, 0) is 42.9 Å². The summed E-state index contributed by atoms with van der Waals surface area (Å²) in [6, 6.07) is 7.75. The molecule has 1 rings (SSSR count). The van der Waals surface area contributed by atoms with E-state index in [2.05, 4.69) is 0 Å². The van der Waals surface area contributed by atoms with Crippen LogP contribution in [-0.2, 0) is 6.42 Å². The second-order valence-corrected chi connectivity index (χ2v) is 4.54. The van der Waals surface area contributed by atoms with Crippen molar-refractivity contribution in [1.82, 2.24) is 0 Å². The Hall–Kier alpha value is -0.570. The molecule has 0 bridgehead atoms. The molecule has 0 heterocycles. The molecule has 90 valence electrons. The Morgan fingerprint density at radius 1 is 1.19 bits per heavy atom. The van der Waals surface area contributed by atoms with Crippen LogP contribution in [0.5, 0.6) is 0 Å². The number of aliphatic hydroxyl groups excluding tert-OH is 2. The summed E-state index contributed by atoms with van der Waals surface area (Å²) >= 11 is 5.90. The van der Waals surface area contributed by atoms with Gasteiger partial charge in [-0.1, -0.05) is 30.2 Å². The van der Waals surface area contributed by atoms with E-state index in [4.69, 9.17) is 16.7 Å². The van der Waals surface area contributed by atoms with Crippen molar-refractivity contribution in [3.05, 3.63) is 34.9 Å². The fourth-order valence-electron chi connectivity index (χ4n) is 1.80. The highest BCUT2D eigenvalue weighted by atomic mass is 35.5. The summed E-state index contributed by atoms with van der Waals surface area (Å²) in [6.45, 7) is 0.424. The summed E-state index contributed by atoms with van der Waals surface area (Å²) in [5.41, 5.74) is 1.16. The van der Waals surface area contributed by atoms with Crippen molar-refractivity contribution >= 4 is 11.6 Å². The van der Waals surface area contributed by atoms with Gasteiger partial charge in [0.05, 0.1) is 0 Å². The molecule has 0 aliphatic rings. The molecule has 0 saturated carbocycles. The SMILES string of the molecule is OCCCC[C@H](CO)Cc1cccc(Cl)c1. The lowest BCUT2D eigenvalue weighted by molar-refractivity contribution is 0.209. The summed E-state index contributed by atoms with van der Waals surface area (Å²) in [5, 5.41) is 18.7. The van der Waals surface area contributed by atoms with E-state index in [1.807, 2.05) is 24.3 Å². The highest BCUT2D eigenvalue weighted by molar-refractivity contribution is 6.30. The van der Waals surface area contributed by atoms with E-state index in [1.165, 1.54) is 0 Å². The van der Waals surface area contributed by atoms with E-state index in [9.17, 15) is 5.11 Å². The van der Waals surface area contributed by atoms with Gasteiger partial charge in [-0.2, -0.15) is 0 Å². The van der Waals surface area contributed by atoms with Crippen LogP contribution in [0.2, 0.25) is 5.02 Å². The third-order valence-corrected chi connectivity index (χ3v) is 2.93. The zero-order valence-electron chi connectivity index (χ0n) is 9.40. The van der Waals surface area contributed by atoms with Gasteiger partial charge in [-0.25, -0.2) is 0 Å². The van der Waals surface area contributed by atoms with E-state index in [1.54, 1.807) is 0 Å². The third kappa shape index (κ3) is 4.97. The van der Waals surface area contributed by atoms with Crippen LogP contribution in [0.1, 0.15) is 24.8 Å². The Morgan fingerprint density at radius 2 is 2.00 bits per heavy atom. The molecule has 2 nitrogen and oxygen atoms in total. The van der Waals surface area contributed by atoms with Crippen molar-refractivity contribution in [2.24, 2.45) is 5.92 Å². The van der Waals surface area contributed by atoms with Crippen LogP contribution in [0, 0.1) is 5.92 Å². The molecule has 0 fully saturated rings. The highest BCUT2D eigenvalue weighted by Crippen LogP contribution is 2.17. The second kappa shape index (κ2) is 7.66. The van der Waals surface area contributed by atoms with Gasteiger partial charge in [0, 0.05) is 18.2 Å². The first-order chi connectivity index (χ1) is 7.76. The number of hydrogen-bond donors (Lipinski definition) is 2. The lowest BCUT2D eigenvalue weighted by atomic mass is 9.95. The first kappa shape index (κ1) is 13.5. The average molecular weight is 243 g/mol. The van der Waals surface area contributed by atoms with Crippen molar-refractivity contribution in [2.45, 2.75) is 25.7 Å². The van der Waals surface area contributed by atoms with Crippen LogP contribution >= 0.6 is 11.6 Å². The Kier molecular flexibility index (Phi) is 6.46. The zero-order chi connectivity index (χ0) is 11.8. The largest absolute Gasteiger partial charge is 0.396 e. The third-order valence-electron chi connectivity index (χ3n) is 2.69. The standard InChI is InChI=1S/C13H19ClO2/c14-13-6-3-5-11(9-13)8-12(10-16)4-1-2-7-15/h3,5-6,9,12,15-16H,1-2,4,7-8,10H2/t12-/m0/s1. The van der Waals surface area contributed by atoms with E-state index < -0.39 is 0 Å².